The van der Waals surface area contributed by atoms with E-state index in [1.165, 1.54) is 7.11 Å². The summed E-state index contributed by atoms with van der Waals surface area (Å²) in [5.74, 6) is -0.854. The molecule has 17 heavy (non-hydrogen) atoms. The lowest BCUT2D eigenvalue weighted by Crippen LogP contribution is -2.50. The van der Waals surface area contributed by atoms with E-state index in [9.17, 15) is 9.90 Å². The van der Waals surface area contributed by atoms with Crippen LogP contribution in [0, 0.1) is 0 Å². The van der Waals surface area contributed by atoms with Crippen LogP contribution in [0.3, 0.4) is 0 Å². The molecule has 92 valence electrons. The van der Waals surface area contributed by atoms with Crippen LogP contribution in [-0.4, -0.2) is 36.9 Å². The molecular weight excluding hydrogens is 218 g/mol. The third kappa shape index (κ3) is 2.26. The van der Waals surface area contributed by atoms with Gasteiger partial charge in [-0.1, -0.05) is 18.2 Å². The van der Waals surface area contributed by atoms with Crippen LogP contribution in [0.2, 0.25) is 0 Å². The summed E-state index contributed by atoms with van der Waals surface area (Å²) in [6.45, 7) is 1.42. The van der Waals surface area contributed by atoms with Gasteiger partial charge >= 0.3 is 5.97 Å². The number of methoxy groups -OCH3 is 1. The molecule has 0 amide bonds. The summed E-state index contributed by atoms with van der Waals surface area (Å²) in [6.07, 6.45) is 1.04. The first-order valence-corrected chi connectivity index (χ1v) is 5.76. The van der Waals surface area contributed by atoms with Crippen LogP contribution < -0.4 is 4.90 Å². The first-order valence-electron chi connectivity index (χ1n) is 5.76. The summed E-state index contributed by atoms with van der Waals surface area (Å²) in [6, 6.07) is 10.0. The minimum atomic E-state index is -0.995. The molecule has 0 spiro atoms. The second-order valence-corrected chi connectivity index (χ2v) is 4.33. The van der Waals surface area contributed by atoms with Gasteiger partial charge in [0.25, 0.3) is 0 Å². The van der Waals surface area contributed by atoms with Crippen molar-refractivity contribution in [1.82, 2.24) is 0 Å². The summed E-state index contributed by atoms with van der Waals surface area (Å²) >= 11 is 0. The normalized spacial score (nSPS) is 19.0. The number of carbonyl (C=O) groups is 1. The Morgan fingerprint density at radius 1 is 1.29 bits per heavy atom. The predicted molar refractivity (Wildman–Crippen MR) is 65.3 cm³/mol. The van der Waals surface area contributed by atoms with E-state index in [1.54, 1.807) is 0 Å². The fourth-order valence-electron chi connectivity index (χ4n) is 2.27. The highest BCUT2D eigenvalue weighted by atomic mass is 16.5. The van der Waals surface area contributed by atoms with Crippen LogP contribution in [0.1, 0.15) is 12.8 Å². The molecule has 0 bridgehead atoms. The Balaban J connectivity index is 2.05. The summed E-state index contributed by atoms with van der Waals surface area (Å²) in [4.78, 5) is 13.4. The van der Waals surface area contributed by atoms with Gasteiger partial charge in [-0.25, -0.2) is 4.79 Å². The molecule has 0 saturated carbocycles. The number of ether oxygens (including phenoxy) is 1. The fraction of sp³-hybridized carbons (Fsp3) is 0.462. The van der Waals surface area contributed by atoms with Crippen LogP contribution in [-0.2, 0) is 9.53 Å². The number of para-hydroxylation sites is 1. The van der Waals surface area contributed by atoms with Crippen molar-refractivity contribution in [2.75, 3.05) is 25.1 Å². The molecule has 1 aliphatic heterocycles. The monoisotopic (exact) mass is 235 g/mol. The van der Waals surface area contributed by atoms with Crippen LogP contribution in [0.4, 0.5) is 5.69 Å². The molecule has 1 N–H and O–H groups in total. The molecule has 1 saturated heterocycles. The van der Waals surface area contributed by atoms with Crippen molar-refractivity contribution in [3.8, 4) is 0 Å². The molecule has 1 aromatic carbocycles. The van der Waals surface area contributed by atoms with Gasteiger partial charge in [0.15, 0.2) is 5.60 Å². The molecule has 0 radical (unpaired) electrons. The average molecular weight is 235 g/mol. The number of hydrogen-bond donors (Lipinski definition) is 1. The number of hydrogen-bond acceptors (Lipinski definition) is 3. The Bertz CT molecular complexity index is 383. The highest BCUT2D eigenvalue weighted by Crippen LogP contribution is 2.28. The number of piperidine rings is 1. The van der Waals surface area contributed by atoms with Crippen molar-refractivity contribution in [2.45, 2.75) is 18.4 Å². The number of carboxylic acids is 1. The van der Waals surface area contributed by atoms with Gasteiger partial charge in [-0.15, -0.1) is 0 Å². The van der Waals surface area contributed by atoms with Gasteiger partial charge in [0.2, 0.25) is 0 Å². The lowest BCUT2D eigenvalue weighted by Gasteiger charge is -2.38. The van der Waals surface area contributed by atoms with E-state index in [1.807, 2.05) is 30.3 Å². The van der Waals surface area contributed by atoms with Gasteiger partial charge in [-0.3, -0.25) is 0 Å². The second-order valence-electron chi connectivity index (χ2n) is 4.33. The van der Waals surface area contributed by atoms with E-state index in [0.717, 1.165) is 5.69 Å². The van der Waals surface area contributed by atoms with Gasteiger partial charge in [-0.2, -0.15) is 0 Å². The van der Waals surface area contributed by atoms with E-state index in [4.69, 9.17) is 4.74 Å². The van der Waals surface area contributed by atoms with Crippen molar-refractivity contribution in [1.29, 1.82) is 0 Å². The van der Waals surface area contributed by atoms with E-state index in [-0.39, 0.29) is 0 Å². The first-order chi connectivity index (χ1) is 8.18. The van der Waals surface area contributed by atoms with Gasteiger partial charge < -0.3 is 14.7 Å². The highest BCUT2D eigenvalue weighted by Gasteiger charge is 2.41. The number of rotatable bonds is 3. The molecule has 0 aliphatic carbocycles. The maximum atomic E-state index is 11.2. The zero-order valence-corrected chi connectivity index (χ0v) is 9.93. The maximum Gasteiger partial charge on any atom is 0.336 e. The van der Waals surface area contributed by atoms with Gasteiger partial charge in [0, 0.05) is 38.7 Å². The lowest BCUT2D eigenvalue weighted by molar-refractivity contribution is -0.164. The third-order valence-electron chi connectivity index (χ3n) is 3.47. The smallest absolute Gasteiger partial charge is 0.336 e. The van der Waals surface area contributed by atoms with Crippen LogP contribution in [0.5, 0.6) is 0 Å². The largest absolute Gasteiger partial charge is 0.479 e. The Morgan fingerprint density at radius 3 is 2.35 bits per heavy atom. The zero-order chi connectivity index (χ0) is 12.3. The van der Waals surface area contributed by atoms with Crippen molar-refractivity contribution < 1.29 is 14.6 Å². The molecule has 2 rings (SSSR count). The minimum Gasteiger partial charge on any atom is -0.479 e. The first kappa shape index (κ1) is 11.9. The number of carboxylic acid groups (broad SMARTS) is 1. The number of nitrogens with zero attached hydrogens (tertiary/aromatic N) is 1. The molecule has 1 aromatic rings. The van der Waals surface area contributed by atoms with Crippen LogP contribution in [0.15, 0.2) is 30.3 Å². The molecule has 1 fully saturated rings. The second kappa shape index (κ2) is 4.75. The number of benzene rings is 1. The summed E-state index contributed by atoms with van der Waals surface area (Å²) < 4.78 is 5.20. The summed E-state index contributed by atoms with van der Waals surface area (Å²) in [5.41, 5.74) is 0.147. The number of anilines is 1. The molecule has 0 unspecified atom stereocenters. The predicted octanol–water partition coefficient (Wildman–Crippen LogP) is 1.76. The number of aliphatic carboxylic acids is 1. The third-order valence-corrected chi connectivity index (χ3v) is 3.47. The molecule has 0 aromatic heterocycles. The Labute approximate surface area is 101 Å². The molecule has 4 nitrogen and oxygen atoms in total. The van der Waals surface area contributed by atoms with Crippen LogP contribution >= 0.6 is 0 Å². The lowest BCUT2D eigenvalue weighted by atomic mass is 9.91. The molecule has 4 heteroatoms. The quantitative estimate of drug-likeness (QED) is 0.867. The summed E-state index contributed by atoms with van der Waals surface area (Å²) in [5, 5.41) is 9.20. The van der Waals surface area contributed by atoms with Gasteiger partial charge in [0.1, 0.15) is 0 Å². The van der Waals surface area contributed by atoms with E-state index in [2.05, 4.69) is 4.90 Å². The topological polar surface area (TPSA) is 49.8 Å². The van der Waals surface area contributed by atoms with E-state index >= 15 is 0 Å². The molecule has 0 atom stereocenters. The average Bonchev–Trinajstić information content (AvgIpc) is 2.39. The Morgan fingerprint density at radius 2 is 1.88 bits per heavy atom. The van der Waals surface area contributed by atoms with Gasteiger partial charge in [-0.05, 0) is 12.1 Å². The van der Waals surface area contributed by atoms with Crippen molar-refractivity contribution in [3.63, 3.8) is 0 Å². The zero-order valence-electron chi connectivity index (χ0n) is 9.93. The van der Waals surface area contributed by atoms with Gasteiger partial charge in [0.05, 0.1) is 0 Å². The molecular formula is C13H17NO3. The minimum absolute atomic E-state index is 0.522. The Hall–Kier alpha value is -1.55. The molecule has 1 aliphatic rings. The maximum absolute atomic E-state index is 11.2. The van der Waals surface area contributed by atoms with Crippen molar-refractivity contribution in [2.24, 2.45) is 0 Å². The highest BCUT2D eigenvalue weighted by molar-refractivity contribution is 5.78. The molecule has 1 heterocycles. The fourth-order valence-corrected chi connectivity index (χ4v) is 2.27. The van der Waals surface area contributed by atoms with E-state index in [0.29, 0.717) is 25.9 Å². The van der Waals surface area contributed by atoms with E-state index < -0.39 is 11.6 Å². The standard InChI is InChI=1S/C13H17NO3/c1-17-13(12(15)16)7-9-14(10-8-13)11-5-3-2-4-6-11/h2-6H,7-10H2,1H3,(H,15,16). The SMILES string of the molecule is COC1(C(=O)O)CCN(c2ccccc2)CC1. The van der Waals surface area contributed by atoms with Crippen molar-refractivity contribution >= 4 is 11.7 Å². The summed E-state index contributed by atoms with van der Waals surface area (Å²) in [7, 11) is 1.48. The Kier molecular flexibility index (Phi) is 3.33. The van der Waals surface area contributed by atoms with Crippen LogP contribution in [0.25, 0.3) is 0 Å². The van der Waals surface area contributed by atoms with Crippen molar-refractivity contribution in [3.05, 3.63) is 30.3 Å².